The second-order valence-corrected chi connectivity index (χ2v) is 11.0. The maximum absolute atomic E-state index is 13.4. The molecule has 0 spiro atoms. The predicted molar refractivity (Wildman–Crippen MR) is 164 cm³/mol. The fraction of sp³-hybridized carbons (Fsp3) is 0.257. The number of aliphatic carboxylic acids is 1. The van der Waals surface area contributed by atoms with Crippen molar-refractivity contribution in [3.05, 3.63) is 125 Å². The number of amides is 2. The normalized spacial score (nSPS) is 14.7. The Labute approximate surface area is 264 Å². The highest BCUT2D eigenvalue weighted by molar-refractivity contribution is 6.05. The number of benzene rings is 3. The Morgan fingerprint density at radius 3 is 2.37 bits per heavy atom. The molecule has 1 N–H and O–H groups in total. The van der Waals surface area contributed by atoms with Crippen molar-refractivity contribution in [2.75, 3.05) is 18.1 Å². The second kappa shape index (κ2) is 14.3. The number of halogens is 3. The fourth-order valence-electron chi connectivity index (χ4n) is 5.44. The van der Waals surface area contributed by atoms with Gasteiger partial charge in [0.1, 0.15) is 11.6 Å². The summed E-state index contributed by atoms with van der Waals surface area (Å²) in [4.78, 5) is 45.7. The van der Waals surface area contributed by atoms with E-state index in [1.54, 1.807) is 59.6 Å². The number of fused-ring (bicyclic) bond motifs is 1. The van der Waals surface area contributed by atoms with Gasteiger partial charge in [0.05, 0.1) is 24.5 Å². The zero-order valence-corrected chi connectivity index (χ0v) is 24.8. The summed E-state index contributed by atoms with van der Waals surface area (Å²) >= 11 is 0. The van der Waals surface area contributed by atoms with E-state index in [2.05, 4.69) is 4.98 Å². The smallest absolute Gasteiger partial charge is 0.416 e. The van der Waals surface area contributed by atoms with E-state index in [4.69, 9.17) is 4.74 Å². The van der Waals surface area contributed by atoms with Crippen LogP contribution in [0, 0.1) is 5.92 Å². The highest BCUT2D eigenvalue weighted by Gasteiger charge is 2.33. The zero-order valence-electron chi connectivity index (χ0n) is 24.8. The first kappa shape index (κ1) is 32.2. The van der Waals surface area contributed by atoms with Crippen molar-refractivity contribution >= 4 is 23.6 Å². The van der Waals surface area contributed by atoms with Crippen LogP contribution in [0.25, 0.3) is 0 Å². The SMILES string of the molecule is O=C(O)CC1Cc2ccc(OCCCN(C(=O)c3ccccc3)c3ccccn3)cc2CN(Cc2ccc(C(F)(F)F)cc2)C1=O. The minimum absolute atomic E-state index is 0.0242. The number of anilines is 1. The zero-order chi connectivity index (χ0) is 32.7. The number of nitrogens with zero attached hydrogens (tertiary/aromatic N) is 3. The van der Waals surface area contributed by atoms with Crippen molar-refractivity contribution in [3.8, 4) is 5.75 Å². The number of rotatable bonds is 11. The molecule has 2 heterocycles. The average Bonchev–Trinajstić information content (AvgIpc) is 3.16. The van der Waals surface area contributed by atoms with Gasteiger partial charge < -0.3 is 14.7 Å². The summed E-state index contributed by atoms with van der Waals surface area (Å²) < 4.78 is 45.2. The molecule has 0 saturated carbocycles. The molecule has 0 saturated heterocycles. The minimum Gasteiger partial charge on any atom is -0.494 e. The third-order valence-electron chi connectivity index (χ3n) is 7.73. The number of carbonyl (C=O) groups excluding carboxylic acids is 2. The molecule has 4 aromatic rings. The van der Waals surface area contributed by atoms with Crippen LogP contribution in [0.15, 0.2) is 97.2 Å². The predicted octanol–water partition coefficient (Wildman–Crippen LogP) is 6.39. The Balaban J connectivity index is 1.28. The summed E-state index contributed by atoms with van der Waals surface area (Å²) in [5.74, 6) is -1.43. The van der Waals surface area contributed by atoms with Crippen molar-refractivity contribution in [2.45, 2.75) is 38.5 Å². The molecule has 0 radical (unpaired) electrons. The van der Waals surface area contributed by atoms with Gasteiger partial charge in [0.25, 0.3) is 5.91 Å². The first-order valence-corrected chi connectivity index (χ1v) is 14.8. The highest BCUT2D eigenvalue weighted by Crippen LogP contribution is 2.31. The summed E-state index contributed by atoms with van der Waals surface area (Å²) in [6.45, 7) is 0.792. The van der Waals surface area contributed by atoms with Gasteiger partial charge in [-0.15, -0.1) is 0 Å². The van der Waals surface area contributed by atoms with Gasteiger partial charge in [0, 0.05) is 31.4 Å². The molecular weight excluding hydrogens is 599 g/mol. The first-order valence-electron chi connectivity index (χ1n) is 14.8. The van der Waals surface area contributed by atoms with Gasteiger partial charge in [0.2, 0.25) is 5.91 Å². The Morgan fingerprint density at radius 1 is 0.957 bits per heavy atom. The first-order chi connectivity index (χ1) is 22.1. The molecule has 1 aromatic heterocycles. The summed E-state index contributed by atoms with van der Waals surface area (Å²) in [5, 5.41) is 9.46. The van der Waals surface area contributed by atoms with E-state index in [1.165, 1.54) is 17.0 Å². The van der Waals surface area contributed by atoms with Crippen LogP contribution in [0.3, 0.4) is 0 Å². The number of carbonyl (C=O) groups is 3. The number of hydrogen-bond donors (Lipinski definition) is 1. The molecule has 1 atom stereocenters. The van der Waals surface area contributed by atoms with Crippen molar-refractivity contribution in [1.29, 1.82) is 0 Å². The standard InChI is InChI=1S/C35H32F3N3O5/c36-35(37,38)29-13-10-24(11-14-29)22-40-23-28-20-30(15-12-26(28)19-27(33(40)44)21-32(42)43)46-18-6-17-41(31-9-4-5-16-39-31)34(45)25-7-2-1-3-8-25/h1-5,7-16,20,27H,6,17-19,21-23H2,(H,42,43). The lowest BCUT2D eigenvalue weighted by molar-refractivity contribution is -0.144. The van der Waals surface area contributed by atoms with Gasteiger partial charge in [-0.2, -0.15) is 13.2 Å². The molecule has 0 aliphatic carbocycles. The Hall–Kier alpha value is -5.19. The quantitative estimate of drug-likeness (QED) is 0.193. The Morgan fingerprint density at radius 2 is 1.70 bits per heavy atom. The lowest BCUT2D eigenvalue weighted by Gasteiger charge is -2.24. The number of hydrogen-bond acceptors (Lipinski definition) is 5. The van der Waals surface area contributed by atoms with Crippen LogP contribution >= 0.6 is 0 Å². The molecule has 1 aliphatic rings. The molecule has 3 aromatic carbocycles. The van der Waals surface area contributed by atoms with Crippen LogP contribution in [0.5, 0.6) is 5.75 Å². The van der Waals surface area contributed by atoms with Crippen molar-refractivity contribution in [1.82, 2.24) is 9.88 Å². The van der Waals surface area contributed by atoms with Crippen LogP contribution in [-0.2, 0) is 35.3 Å². The molecule has 2 amide bonds. The van der Waals surface area contributed by atoms with Crippen molar-refractivity contribution < 1.29 is 37.4 Å². The van der Waals surface area contributed by atoms with E-state index in [0.717, 1.165) is 23.3 Å². The molecule has 11 heteroatoms. The lowest BCUT2D eigenvalue weighted by atomic mass is 9.94. The van der Waals surface area contributed by atoms with E-state index in [9.17, 15) is 32.7 Å². The Bertz CT molecular complexity index is 1660. The van der Waals surface area contributed by atoms with Crippen LogP contribution < -0.4 is 9.64 Å². The number of carboxylic acid groups (broad SMARTS) is 1. The molecule has 46 heavy (non-hydrogen) atoms. The lowest BCUT2D eigenvalue weighted by Crippen LogP contribution is -2.35. The van der Waals surface area contributed by atoms with Crippen LogP contribution in [0.1, 0.15) is 45.5 Å². The van der Waals surface area contributed by atoms with Crippen molar-refractivity contribution in [3.63, 3.8) is 0 Å². The topological polar surface area (TPSA) is 100 Å². The van der Waals surface area contributed by atoms with E-state index in [1.807, 2.05) is 18.2 Å². The summed E-state index contributed by atoms with van der Waals surface area (Å²) in [6.07, 6.45) is -2.52. The van der Waals surface area contributed by atoms with E-state index in [-0.39, 0.29) is 44.4 Å². The molecule has 0 fully saturated rings. The number of pyridine rings is 1. The molecule has 5 rings (SSSR count). The monoisotopic (exact) mass is 631 g/mol. The van der Waals surface area contributed by atoms with E-state index < -0.39 is 23.6 Å². The second-order valence-electron chi connectivity index (χ2n) is 11.0. The average molecular weight is 632 g/mol. The van der Waals surface area contributed by atoms with Crippen LogP contribution in [-0.4, -0.2) is 45.9 Å². The number of aromatic nitrogens is 1. The third-order valence-corrected chi connectivity index (χ3v) is 7.73. The fourth-order valence-corrected chi connectivity index (χ4v) is 5.44. The number of alkyl halides is 3. The number of carboxylic acids is 1. The van der Waals surface area contributed by atoms with Crippen molar-refractivity contribution in [2.24, 2.45) is 5.92 Å². The molecule has 8 nitrogen and oxygen atoms in total. The maximum Gasteiger partial charge on any atom is 0.416 e. The van der Waals surface area contributed by atoms with E-state index >= 15 is 0 Å². The van der Waals surface area contributed by atoms with Crippen LogP contribution in [0.2, 0.25) is 0 Å². The van der Waals surface area contributed by atoms with Gasteiger partial charge in [-0.25, -0.2) is 4.98 Å². The third kappa shape index (κ3) is 8.09. The van der Waals surface area contributed by atoms with E-state index in [0.29, 0.717) is 35.7 Å². The van der Waals surface area contributed by atoms with Gasteiger partial charge in [-0.05, 0) is 78.1 Å². The minimum atomic E-state index is -4.48. The maximum atomic E-state index is 13.4. The summed E-state index contributed by atoms with van der Waals surface area (Å²) in [5.41, 5.74) is 1.81. The molecule has 1 unspecified atom stereocenters. The summed E-state index contributed by atoms with van der Waals surface area (Å²) in [6, 6.07) is 24.2. The molecule has 238 valence electrons. The molecule has 0 bridgehead atoms. The van der Waals surface area contributed by atoms with Gasteiger partial charge in [-0.3, -0.25) is 19.3 Å². The summed E-state index contributed by atoms with van der Waals surface area (Å²) in [7, 11) is 0. The highest BCUT2D eigenvalue weighted by atomic mass is 19.4. The van der Waals surface area contributed by atoms with Crippen LogP contribution in [0.4, 0.5) is 19.0 Å². The van der Waals surface area contributed by atoms with Gasteiger partial charge in [0.15, 0.2) is 0 Å². The largest absolute Gasteiger partial charge is 0.494 e. The van der Waals surface area contributed by atoms with Gasteiger partial charge >= 0.3 is 12.1 Å². The number of ether oxygens (including phenoxy) is 1. The molecular formula is C35H32F3N3O5. The Kier molecular flexibility index (Phi) is 10.00. The van der Waals surface area contributed by atoms with Gasteiger partial charge in [-0.1, -0.05) is 42.5 Å². The molecule has 1 aliphatic heterocycles.